The molecule has 1 N–H and O–H groups in total. The minimum atomic E-state index is -3.75. The molecule has 0 aromatic heterocycles. The van der Waals surface area contributed by atoms with Gasteiger partial charge in [-0.15, -0.1) is 11.8 Å². The number of hydrogen-bond donors (Lipinski definition) is 1. The molecule has 1 saturated heterocycles. The first-order valence-electron chi connectivity index (χ1n) is 10.6. The van der Waals surface area contributed by atoms with Gasteiger partial charge in [0.2, 0.25) is 21.8 Å². The molecule has 0 bridgehead atoms. The van der Waals surface area contributed by atoms with Crippen LogP contribution in [0.5, 0.6) is 0 Å². The lowest BCUT2D eigenvalue weighted by Gasteiger charge is -2.29. The Morgan fingerprint density at radius 1 is 1.03 bits per heavy atom. The number of sulfonamides is 1. The molecule has 0 saturated carbocycles. The Kier molecular flexibility index (Phi) is 7.01. The summed E-state index contributed by atoms with van der Waals surface area (Å²) in [6.07, 6.45) is 3.55. The standard InChI is InChI=1S/C22H23F2N3O4S2/c23-15-5-7-17(24)18(11-15)25-21(28)13-27-19-12-16(6-8-20(19)32-14-22(27)29)33(30,31)26-9-3-1-2-4-10-26/h5-8,11-12H,1-4,9-10,13-14H2,(H,25,28). The zero-order valence-corrected chi connectivity index (χ0v) is 19.4. The predicted molar refractivity (Wildman–Crippen MR) is 122 cm³/mol. The topological polar surface area (TPSA) is 86.8 Å². The van der Waals surface area contributed by atoms with Crippen LogP contribution in [0.4, 0.5) is 20.2 Å². The molecule has 2 aliphatic rings. The maximum Gasteiger partial charge on any atom is 0.244 e. The van der Waals surface area contributed by atoms with E-state index in [2.05, 4.69) is 5.32 Å². The van der Waals surface area contributed by atoms with E-state index in [-0.39, 0.29) is 22.2 Å². The van der Waals surface area contributed by atoms with Crippen LogP contribution in [0, 0.1) is 11.6 Å². The molecular formula is C22H23F2N3O4S2. The van der Waals surface area contributed by atoms with Gasteiger partial charge in [0.1, 0.15) is 18.2 Å². The van der Waals surface area contributed by atoms with E-state index in [0.29, 0.717) is 23.7 Å². The molecule has 7 nitrogen and oxygen atoms in total. The van der Waals surface area contributed by atoms with Gasteiger partial charge in [0.25, 0.3) is 0 Å². The average molecular weight is 496 g/mol. The first kappa shape index (κ1) is 23.7. The second-order valence-corrected chi connectivity index (χ2v) is 10.8. The highest BCUT2D eigenvalue weighted by Gasteiger charge is 2.31. The molecule has 2 aromatic carbocycles. The lowest BCUT2D eigenvalue weighted by Crippen LogP contribution is -2.41. The quantitative estimate of drug-likeness (QED) is 0.685. The van der Waals surface area contributed by atoms with Crippen LogP contribution in [0.2, 0.25) is 0 Å². The number of carbonyl (C=O) groups excluding carboxylic acids is 2. The number of anilines is 2. The van der Waals surface area contributed by atoms with Crippen LogP contribution in [0.1, 0.15) is 25.7 Å². The van der Waals surface area contributed by atoms with Crippen LogP contribution in [-0.4, -0.2) is 49.9 Å². The van der Waals surface area contributed by atoms with Crippen molar-refractivity contribution in [2.45, 2.75) is 35.5 Å². The molecule has 2 aromatic rings. The van der Waals surface area contributed by atoms with Crippen LogP contribution in [0.3, 0.4) is 0 Å². The first-order chi connectivity index (χ1) is 15.8. The van der Waals surface area contributed by atoms with Gasteiger partial charge in [0.15, 0.2) is 0 Å². The number of benzene rings is 2. The van der Waals surface area contributed by atoms with E-state index in [9.17, 15) is 26.8 Å². The highest BCUT2D eigenvalue weighted by molar-refractivity contribution is 8.00. The van der Waals surface area contributed by atoms with Gasteiger partial charge in [0.05, 0.1) is 22.0 Å². The highest BCUT2D eigenvalue weighted by Crippen LogP contribution is 2.37. The van der Waals surface area contributed by atoms with Crippen molar-refractivity contribution in [3.63, 3.8) is 0 Å². The van der Waals surface area contributed by atoms with Crippen molar-refractivity contribution < 1.29 is 26.8 Å². The summed E-state index contributed by atoms with van der Waals surface area (Å²) in [7, 11) is -3.75. The van der Waals surface area contributed by atoms with Crippen molar-refractivity contribution in [2.24, 2.45) is 0 Å². The van der Waals surface area contributed by atoms with Gasteiger partial charge in [-0.2, -0.15) is 4.31 Å². The summed E-state index contributed by atoms with van der Waals surface area (Å²) in [6, 6.07) is 7.23. The molecule has 33 heavy (non-hydrogen) atoms. The Hall–Kier alpha value is -2.50. The van der Waals surface area contributed by atoms with Gasteiger partial charge in [-0.25, -0.2) is 17.2 Å². The zero-order valence-electron chi connectivity index (χ0n) is 17.7. The van der Waals surface area contributed by atoms with Gasteiger partial charge in [-0.1, -0.05) is 12.8 Å². The van der Waals surface area contributed by atoms with Crippen LogP contribution >= 0.6 is 11.8 Å². The first-order valence-corrected chi connectivity index (χ1v) is 13.0. The average Bonchev–Trinajstić information content (AvgIpc) is 3.08. The molecule has 2 aliphatic heterocycles. The molecule has 0 aliphatic carbocycles. The molecular weight excluding hydrogens is 472 g/mol. The number of thioether (sulfide) groups is 1. The van der Waals surface area contributed by atoms with E-state index in [0.717, 1.165) is 43.9 Å². The smallest absolute Gasteiger partial charge is 0.244 e. The van der Waals surface area contributed by atoms with Crippen molar-refractivity contribution in [1.82, 2.24) is 4.31 Å². The molecule has 11 heteroatoms. The maximum atomic E-state index is 13.9. The predicted octanol–water partition coefficient (Wildman–Crippen LogP) is 3.61. The minimum Gasteiger partial charge on any atom is -0.322 e. The monoisotopic (exact) mass is 495 g/mol. The van der Waals surface area contributed by atoms with E-state index >= 15 is 0 Å². The number of rotatable bonds is 5. The normalized spacial score (nSPS) is 17.4. The van der Waals surface area contributed by atoms with Gasteiger partial charge >= 0.3 is 0 Å². The Bertz CT molecular complexity index is 1180. The SMILES string of the molecule is O=C(CN1C(=O)CSc2ccc(S(=O)(=O)N3CCCCCC3)cc21)Nc1cc(F)ccc1F. The van der Waals surface area contributed by atoms with Crippen molar-refractivity contribution in [3.05, 3.63) is 48.0 Å². The lowest BCUT2D eigenvalue weighted by molar-refractivity contribution is -0.120. The second-order valence-electron chi connectivity index (χ2n) is 7.89. The molecule has 176 valence electrons. The highest BCUT2D eigenvalue weighted by atomic mass is 32.2. The van der Waals surface area contributed by atoms with Gasteiger partial charge in [0, 0.05) is 24.1 Å². The number of nitrogens with one attached hydrogen (secondary N) is 1. The fourth-order valence-electron chi connectivity index (χ4n) is 3.87. The summed E-state index contributed by atoms with van der Waals surface area (Å²) in [5, 5.41) is 2.27. The summed E-state index contributed by atoms with van der Waals surface area (Å²) in [5.41, 5.74) is -0.0291. The maximum absolute atomic E-state index is 13.9. The molecule has 2 heterocycles. The summed E-state index contributed by atoms with van der Waals surface area (Å²) >= 11 is 1.25. The van der Waals surface area contributed by atoms with Gasteiger partial charge in [-0.3, -0.25) is 9.59 Å². The molecule has 0 atom stereocenters. The molecule has 0 spiro atoms. The van der Waals surface area contributed by atoms with Crippen LogP contribution in [-0.2, 0) is 19.6 Å². The molecule has 2 amide bonds. The summed E-state index contributed by atoms with van der Waals surface area (Å²) in [5.74, 6) is -2.56. The van der Waals surface area contributed by atoms with Crippen LogP contribution < -0.4 is 10.2 Å². The molecule has 4 rings (SSSR count). The Morgan fingerprint density at radius 3 is 2.48 bits per heavy atom. The number of fused-ring (bicyclic) bond motifs is 1. The third-order valence-corrected chi connectivity index (χ3v) is 8.52. The molecule has 0 unspecified atom stereocenters. The van der Waals surface area contributed by atoms with E-state index in [1.807, 2.05) is 0 Å². The van der Waals surface area contributed by atoms with Crippen molar-refractivity contribution in [1.29, 1.82) is 0 Å². The summed E-state index contributed by atoms with van der Waals surface area (Å²) in [4.78, 5) is 27.0. The molecule has 0 radical (unpaired) electrons. The number of halogens is 2. The summed E-state index contributed by atoms with van der Waals surface area (Å²) < 4.78 is 55.2. The van der Waals surface area contributed by atoms with E-state index < -0.39 is 34.1 Å². The van der Waals surface area contributed by atoms with Gasteiger partial charge < -0.3 is 10.2 Å². The van der Waals surface area contributed by atoms with Crippen LogP contribution in [0.15, 0.2) is 46.2 Å². The fraction of sp³-hybridized carbons (Fsp3) is 0.364. The fourth-order valence-corrected chi connectivity index (χ4v) is 6.33. The minimum absolute atomic E-state index is 0.0556. The number of hydrogen-bond acceptors (Lipinski definition) is 5. The Labute approximate surface area is 195 Å². The third kappa shape index (κ3) is 5.20. The van der Waals surface area contributed by atoms with Crippen LogP contribution in [0.25, 0.3) is 0 Å². The number of nitrogens with zero attached hydrogens (tertiary/aromatic N) is 2. The lowest BCUT2D eigenvalue weighted by atomic mass is 10.2. The number of carbonyl (C=O) groups is 2. The second kappa shape index (κ2) is 9.78. The Balaban J connectivity index is 1.59. The molecule has 1 fully saturated rings. The Morgan fingerprint density at radius 2 is 1.76 bits per heavy atom. The summed E-state index contributed by atoms with van der Waals surface area (Å²) in [6.45, 7) is 0.423. The zero-order chi connectivity index (χ0) is 23.6. The number of amides is 2. The largest absolute Gasteiger partial charge is 0.322 e. The third-order valence-electron chi connectivity index (χ3n) is 5.58. The van der Waals surface area contributed by atoms with Crippen molar-refractivity contribution in [2.75, 3.05) is 35.6 Å². The van der Waals surface area contributed by atoms with E-state index in [4.69, 9.17) is 0 Å². The van der Waals surface area contributed by atoms with Gasteiger partial charge in [-0.05, 0) is 43.2 Å². The van der Waals surface area contributed by atoms with Crippen molar-refractivity contribution >= 4 is 45.0 Å². The van der Waals surface area contributed by atoms with E-state index in [1.165, 1.54) is 33.1 Å². The van der Waals surface area contributed by atoms with Crippen molar-refractivity contribution in [3.8, 4) is 0 Å². The van der Waals surface area contributed by atoms with E-state index in [1.54, 1.807) is 6.07 Å².